The van der Waals surface area contributed by atoms with E-state index >= 15 is 0 Å². The summed E-state index contributed by atoms with van der Waals surface area (Å²) in [7, 11) is 0. The molecule has 1 amide bonds. The van der Waals surface area contributed by atoms with E-state index in [4.69, 9.17) is 9.47 Å². The van der Waals surface area contributed by atoms with Gasteiger partial charge in [-0.2, -0.15) is 0 Å². The number of aliphatic hydroxyl groups excluding tert-OH is 6. The molecule has 1 aliphatic rings. The first-order valence-corrected chi connectivity index (χ1v) is 14.8. The molecule has 1 rings (SSSR count). The molecule has 1 heterocycles. The molecule has 248 valence electrons. The second kappa shape index (κ2) is 26.4. The maximum Gasteiger partial charge on any atom is 0.297 e. The topological polar surface area (TPSA) is 169 Å². The van der Waals surface area contributed by atoms with Crippen molar-refractivity contribution < 1.29 is 44.9 Å². The molecule has 10 nitrogen and oxygen atoms in total. The third-order valence-corrected chi connectivity index (χ3v) is 6.00. The number of carbonyl (C=O) groups excluding carboxylic acids is 1. The van der Waals surface area contributed by atoms with Crippen molar-refractivity contribution in [2.75, 3.05) is 13.2 Å². The molecule has 49 heavy (non-hydrogen) atoms. The molecule has 0 spiro atoms. The summed E-state index contributed by atoms with van der Waals surface area (Å²) in [5.74, 6) is 53.0. The maximum absolute atomic E-state index is 12.5. The van der Waals surface area contributed by atoms with Crippen molar-refractivity contribution in [2.24, 2.45) is 0 Å². The molecule has 0 aromatic heterocycles. The van der Waals surface area contributed by atoms with Gasteiger partial charge in [0.15, 0.2) is 6.29 Å². The largest absolute Gasteiger partial charge is 0.394 e. The molecular weight excluding hydrogens is 626 g/mol. The summed E-state index contributed by atoms with van der Waals surface area (Å²) in [6, 6.07) is -1.22. The number of aliphatic hydroxyl groups is 6. The highest BCUT2D eigenvalue weighted by Crippen LogP contribution is 2.22. The lowest BCUT2D eigenvalue weighted by Crippen LogP contribution is -2.60. The summed E-state index contributed by atoms with van der Waals surface area (Å²) in [5.41, 5.74) is 0. The van der Waals surface area contributed by atoms with Gasteiger partial charge in [0.1, 0.15) is 30.5 Å². The van der Waals surface area contributed by atoms with Crippen LogP contribution in [0, 0.1) is 130 Å². The lowest BCUT2D eigenvalue weighted by atomic mass is 9.99. The van der Waals surface area contributed by atoms with Gasteiger partial charge in [-0.3, -0.25) is 4.79 Å². The average molecular weight is 660 g/mol. The van der Waals surface area contributed by atoms with Crippen LogP contribution in [0.3, 0.4) is 0 Å². The van der Waals surface area contributed by atoms with Gasteiger partial charge in [-0.05, 0) is 108 Å². The Morgan fingerprint density at radius 3 is 1.63 bits per heavy atom. The first-order chi connectivity index (χ1) is 23.8. The van der Waals surface area contributed by atoms with Crippen LogP contribution in [0.1, 0.15) is 39.5 Å². The molecule has 1 saturated heterocycles. The number of amides is 1. The van der Waals surface area contributed by atoms with Crippen LogP contribution in [0.25, 0.3) is 0 Å². The van der Waals surface area contributed by atoms with E-state index in [1.807, 2.05) is 6.92 Å². The van der Waals surface area contributed by atoms with Gasteiger partial charge in [-0.15, -0.1) is 0 Å². The van der Waals surface area contributed by atoms with Gasteiger partial charge in [0.25, 0.3) is 5.91 Å². The van der Waals surface area contributed by atoms with Crippen molar-refractivity contribution in [3.05, 3.63) is 0 Å². The molecule has 0 aromatic rings. The van der Waals surface area contributed by atoms with Gasteiger partial charge in [-0.25, -0.2) is 0 Å². The zero-order chi connectivity index (χ0) is 36.1. The fourth-order valence-electron chi connectivity index (χ4n) is 3.59. The monoisotopic (exact) mass is 659 g/mol. The number of ether oxygens (including phenoxy) is 2. The highest BCUT2D eigenvalue weighted by Gasteiger charge is 2.44. The highest BCUT2D eigenvalue weighted by molar-refractivity contribution is 5.94. The highest BCUT2D eigenvalue weighted by atomic mass is 16.7. The number of hydrogen-bond acceptors (Lipinski definition) is 9. The van der Waals surface area contributed by atoms with Gasteiger partial charge in [0, 0.05) is 29.6 Å². The predicted octanol–water partition coefficient (Wildman–Crippen LogP) is -2.35. The van der Waals surface area contributed by atoms with Crippen molar-refractivity contribution in [1.29, 1.82) is 0 Å². The summed E-state index contributed by atoms with van der Waals surface area (Å²) >= 11 is 0. The molecule has 0 aliphatic carbocycles. The lowest BCUT2D eigenvalue weighted by Gasteiger charge is -2.40. The van der Waals surface area contributed by atoms with Crippen molar-refractivity contribution in [2.45, 2.75) is 88.5 Å². The lowest BCUT2D eigenvalue weighted by molar-refractivity contribution is -0.303. The van der Waals surface area contributed by atoms with Crippen LogP contribution < -0.4 is 5.32 Å². The van der Waals surface area contributed by atoms with Crippen LogP contribution in [-0.2, 0) is 14.3 Å². The van der Waals surface area contributed by atoms with Crippen LogP contribution in [0.5, 0.6) is 0 Å². The summed E-state index contributed by atoms with van der Waals surface area (Å²) in [4.78, 5) is 12.5. The smallest absolute Gasteiger partial charge is 0.297 e. The van der Waals surface area contributed by atoms with E-state index in [2.05, 4.69) is 136 Å². The molecule has 0 aromatic carbocycles. The third-order valence-electron chi connectivity index (χ3n) is 6.00. The zero-order valence-corrected chi connectivity index (χ0v) is 26.8. The molecule has 7 N–H and O–H groups in total. The number of rotatable bonds is 11. The Hall–Kier alpha value is -5.69. The number of hydrogen-bond donors (Lipinski definition) is 7. The molecule has 1 aliphatic heterocycles. The van der Waals surface area contributed by atoms with Gasteiger partial charge in [-0.1, -0.05) is 32.1 Å². The molecule has 1 fully saturated rings. The van der Waals surface area contributed by atoms with Crippen molar-refractivity contribution >= 4 is 5.91 Å². The van der Waals surface area contributed by atoms with E-state index in [0.29, 0.717) is 6.42 Å². The van der Waals surface area contributed by atoms with Crippen LogP contribution in [0.2, 0.25) is 0 Å². The normalized spacial score (nSPS) is 19.4. The number of carbonyl (C=O) groups is 1. The Kier molecular flexibility index (Phi) is 22.3. The summed E-state index contributed by atoms with van der Waals surface area (Å²) in [6.45, 7) is 2.49. The first-order valence-electron chi connectivity index (χ1n) is 14.8. The fraction of sp³-hybridized carbons (Fsp3) is 0.410. The van der Waals surface area contributed by atoms with Gasteiger partial charge in [0.2, 0.25) is 0 Å². The van der Waals surface area contributed by atoms with E-state index in [0.717, 1.165) is 12.8 Å². The standard InChI is InChI=1S/C39H33NO9/c1-3-5-7-8-9-10-11-12-13-14-15-16-17-18-19-20-21-22-23-24-26-28-34(43)40-31(35(44)32(42)27-25-6-4-2)30-48-39-38(47)37(46)36(45)33(29-41)49-39/h31-33,35-39,41-42,44-47H,4,6,25,27,29-30H2,1-2H3,(H,40,43)/t31-,32+,33?,35-,36-,37-,38?,39-/m0/s1. The Labute approximate surface area is 287 Å². The summed E-state index contributed by atoms with van der Waals surface area (Å²) < 4.78 is 10.8. The first kappa shape index (κ1) is 41.3. The van der Waals surface area contributed by atoms with E-state index < -0.39 is 68.1 Å². The molecular formula is C39H33NO9. The fourth-order valence-corrected chi connectivity index (χ4v) is 3.59. The molecule has 8 atom stereocenters. The minimum absolute atomic E-state index is 0.243. The minimum atomic E-state index is -1.70. The Morgan fingerprint density at radius 2 is 1.18 bits per heavy atom. The number of unbranched alkanes of at least 4 members (excludes halogenated alkanes) is 2. The summed E-state index contributed by atoms with van der Waals surface area (Å²) in [5, 5.41) is 63.2. The summed E-state index contributed by atoms with van der Waals surface area (Å²) in [6.07, 6.45) is -7.85. The van der Waals surface area contributed by atoms with Crippen molar-refractivity contribution in [3.63, 3.8) is 0 Å². The predicted molar refractivity (Wildman–Crippen MR) is 179 cm³/mol. The average Bonchev–Trinajstić information content (AvgIpc) is 3.10. The zero-order valence-electron chi connectivity index (χ0n) is 26.8. The van der Waals surface area contributed by atoms with Crippen molar-refractivity contribution in [3.8, 4) is 130 Å². The van der Waals surface area contributed by atoms with Crippen LogP contribution in [0.4, 0.5) is 0 Å². The van der Waals surface area contributed by atoms with Crippen LogP contribution in [-0.4, -0.2) is 98.7 Å². The second-order valence-electron chi connectivity index (χ2n) is 9.54. The number of nitrogens with one attached hydrogen (secondary N) is 1. The second-order valence-corrected chi connectivity index (χ2v) is 9.54. The quantitative estimate of drug-likeness (QED) is 0.0949. The Bertz CT molecular complexity index is 1840. The molecule has 0 bridgehead atoms. The van der Waals surface area contributed by atoms with E-state index in [1.165, 1.54) is 0 Å². The maximum atomic E-state index is 12.5. The van der Waals surface area contributed by atoms with Crippen molar-refractivity contribution in [1.82, 2.24) is 5.32 Å². The Balaban J connectivity index is 2.77. The Morgan fingerprint density at radius 1 is 0.714 bits per heavy atom. The molecule has 0 radical (unpaired) electrons. The van der Waals surface area contributed by atoms with Crippen LogP contribution >= 0.6 is 0 Å². The molecule has 10 heteroatoms. The van der Waals surface area contributed by atoms with Crippen LogP contribution in [0.15, 0.2) is 0 Å². The molecule has 0 saturated carbocycles. The van der Waals surface area contributed by atoms with Gasteiger partial charge in [0.05, 0.1) is 25.4 Å². The SMILES string of the molecule is CC#CC#CC#CC#CC#CC#CC#CC#CC#CC#CC#CC(=O)N[C@@H](CO[C@H]1OC(CO)[C@H](O)[C@H](O)C1O)[C@H](O)[C@H](O)CCCCC. The van der Waals surface area contributed by atoms with E-state index in [-0.39, 0.29) is 6.42 Å². The van der Waals surface area contributed by atoms with Gasteiger partial charge >= 0.3 is 0 Å². The van der Waals surface area contributed by atoms with E-state index in [1.54, 1.807) is 6.92 Å². The third kappa shape index (κ3) is 18.3. The minimum Gasteiger partial charge on any atom is -0.394 e. The molecule has 2 unspecified atom stereocenters. The van der Waals surface area contributed by atoms with Gasteiger partial charge < -0.3 is 45.4 Å². The van der Waals surface area contributed by atoms with E-state index in [9.17, 15) is 35.4 Å².